The van der Waals surface area contributed by atoms with Gasteiger partial charge in [0.1, 0.15) is 11.6 Å². The summed E-state index contributed by atoms with van der Waals surface area (Å²) in [7, 11) is -3.87. The number of anilines is 2. The Morgan fingerprint density at radius 3 is 2.48 bits per heavy atom. The summed E-state index contributed by atoms with van der Waals surface area (Å²) in [4.78, 5) is 14.6. The summed E-state index contributed by atoms with van der Waals surface area (Å²) in [6.07, 6.45) is 0. The highest BCUT2D eigenvalue weighted by molar-refractivity contribution is 9.10. The highest BCUT2D eigenvalue weighted by atomic mass is 79.9. The summed E-state index contributed by atoms with van der Waals surface area (Å²) in [5.41, 5.74) is 8.04. The van der Waals surface area contributed by atoms with Gasteiger partial charge in [0.2, 0.25) is 0 Å². The molecule has 8 nitrogen and oxygen atoms in total. The molecule has 0 aliphatic carbocycles. The zero-order valence-electron chi connectivity index (χ0n) is 21.0. The maximum atomic E-state index is 13.2. The molecular weight excluding hydrogens is 592 g/mol. The highest BCUT2D eigenvalue weighted by Crippen LogP contribution is 2.36. The van der Waals surface area contributed by atoms with Gasteiger partial charge in [-0.3, -0.25) is 14.9 Å². The lowest BCUT2D eigenvalue weighted by molar-refractivity contribution is -0.121. The Kier molecular flexibility index (Phi) is 6.44. The van der Waals surface area contributed by atoms with E-state index in [9.17, 15) is 13.2 Å². The Morgan fingerprint density at radius 2 is 1.65 bits per heavy atom. The van der Waals surface area contributed by atoms with Crippen molar-refractivity contribution in [3.8, 4) is 5.75 Å². The van der Waals surface area contributed by atoms with Crippen LogP contribution in [0.3, 0.4) is 0 Å². The van der Waals surface area contributed by atoms with Crippen molar-refractivity contribution in [3.05, 3.63) is 107 Å². The third-order valence-electron chi connectivity index (χ3n) is 6.80. The van der Waals surface area contributed by atoms with Gasteiger partial charge in [-0.2, -0.15) is 0 Å². The lowest BCUT2D eigenvalue weighted by Crippen LogP contribution is -2.38. The van der Waals surface area contributed by atoms with Gasteiger partial charge in [-0.15, -0.1) is 0 Å². The Labute approximate surface area is 239 Å². The molecule has 0 saturated heterocycles. The first-order chi connectivity index (χ1) is 19.2. The van der Waals surface area contributed by atoms with E-state index in [1.807, 2.05) is 48.5 Å². The molecule has 0 fully saturated rings. The van der Waals surface area contributed by atoms with E-state index in [1.54, 1.807) is 47.4 Å². The van der Waals surface area contributed by atoms with Crippen LogP contribution in [0.1, 0.15) is 11.1 Å². The summed E-state index contributed by atoms with van der Waals surface area (Å²) in [5, 5.41) is 11.3. The molecule has 6 rings (SSSR count). The van der Waals surface area contributed by atoms with Gasteiger partial charge in [0.05, 0.1) is 22.8 Å². The average molecular weight is 616 g/mol. The molecule has 5 aromatic rings. The summed E-state index contributed by atoms with van der Waals surface area (Å²) in [6, 6.07) is 26.9. The standard InChI is InChI=1S/C30H23BrN4O4S/c31-24-7-5-21-14-26(9-6-20(21)13-24)40(37,38)34-25-8-10-27-28(15-25)39-17-29(36)35(27)16-18-1-2-19-3-4-22(30(32)33)12-23(19)11-18/h1-15,34H,16-17H2,(H3,32,33). The number of sulfonamides is 1. The van der Waals surface area contributed by atoms with Crippen LogP contribution in [0.15, 0.2) is 100 Å². The molecule has 0 saturated carbocycles. The van der Waals surface area contributed by atoms with E-state index in [0.29, 0.717) is 29.2 Å². The second kappa shape index (κ2) is 9.96. The van der Waals surface area contributed by atoms with Gasteiger partial charge in [0.15, 0.2) is 6.61 Å². The largest absolute Gasteiger partial charge is 0.481 e. The summed E-state index contributed by atoms with van der Waals surface area (Å²) in [5.74, 6) is 0.189. The molecule has 10 heteroatoms. The smallest absolute Gasteiger partial charge is 0.265 e. The molecule has 200 valence electrons. The van der Waals surface area contributed by atoms with Gasteiger partial charge in [-0.25, -0.2) is 8.42 Å². The number of nitrogens with one attached hydrogen (secondary N) is 2. The van der Waals surface area contributed by atoms with Crippen molar-refractivity contribution in [1.29, 1.82) is 5.41 Å². The number of ether oxygens (including phenoxy) is 1. The van der Waals surface area contributed by atoms with Crippen molar-refractivity contribution in [2.45, 2.75) is 11.4 Å². The predicted octanol–water partition coefficient (Wildman–Crippen LogP) is 5.77. The van der Waals surface area contributed by atoms with Crippen LogP contribution in [0, 0.1) is 5.41 Å². The lowest BCUT2D eigenvalue weighted by atomic mass is 10.0. The quantitative estimate of drug-likeness (QED) is 0.165. The number of carbonyl (C=O) groups excluding carboxylic acids is 1. The van der Waals surface area contributed by atoms with Gasteiger partial charge in [-0.05, 0) is 75.6 Å². The third kappa shape index (κ3) is 4.99. The minimum atomic E-state index is -3.87. The monoisotopic (exact) mass is 614 g/mol. The molecule has 1 aliphatic rings. The normalized spacial score (nSPS) is 13.2. The topological polar surface area (TPSA) is 126 Å². The zero-order chi connectivity index (χ0) is 28.0. The number of nitrogens with two attached hydrogens (primary N) is 1. The molecule has 1 amide bonds. The second-order valence-electron chi connectivity index (χ2n) is 9.52. The fourth-order valence-electron chi connectivity index (χ4n) is 4.76. The SMILES string of the molecule is N=C(N)c1ccc2ccc(CN3C(=O)COc4cc(NS(=O)(=O)c5ccc6cc(Br)ccc6c5)ccc43)cc2c1. The van der Waals surface area contributed by atoms with Crippen molar-refractivity contribution < 1.29 is 17.9 Å². The van der Waals surface area contributed by atoms with Gasteiger partial charge in [0, 0.05) is 16.1 Å². The fourth-order valence-corrected chi connectivity index (χ4v) is 6.23. The average Bonchev–Trinajstić information content (AvgIpc) is 2.93. The van der Waals surface area contributed by atoms with Gasteiger partial charge in [-0.1, -0.05) is 52.3 Å². The molecule has 40 heavy (non-hydrogen) atoms. The minimum absolute atomic E-state index is 0.00937. The van der Waals surface area contributed by atoms with E-state index in [4.69, 9.17) is 15.9 Å². The van der Waals surface area contributed by atoms with E-state index in [1.165, 1.54) is 0 Å². The Bertz CT molecular complexity index is 1960. The Balaban J connectivity index is 1.26. The number of rotatable bonds is 6. The van der Waals surface area contributed by atoms with E-state index >= 15 is 0 Å². The molecule has 5 aromatic carbocycles. The summed E-state index contributed by atoms with van der Waals surface area (Å²) < 4.78 is 35.5. The Hall–Kier alpha value is -4.41. The molecule has 0 unspecified atom stereocenters. The second-order valence-corrected chi connectivity index (χ2v) is 12.1. The van der Waals surface area contributed by atoms with E-state index in [-0.39, 0.29) is 23.2 Å². The fraction of sp³-hybridized carbons (Fsp3) is 0.0667. The van der Waals surface area contributed by atoms with Crippen molar-refractivity contribution in [2.24, 2.45) is 5.73 Å². The number of hydrogen-bond acceptors (Lipinski definition) is 5. The number of fused-ring (bicyclic) bond motifs is 3. The first-order valence-electron chi connectivity index (χ1n) is 12.3. The number of halogens is 1. The van der Waals surface area contributed by atoms with Crippen LogP contribution in [-0.2, 0) is 21.4 Å². The summed E-state index contributed by atoms with van der Waals surface area (Å²) in [6.45, 7) is 0.138. The molecule has 1 heterocycles. The van der Waals surface area contributed by atoms with Gasteiger partial charge >= 0.3 is 0 Å². The maximum Gasteiger partial charge on any atom is 0.265 e. The van der Waals surface area contributed by atoms with E-state index in [2.05, 4.69) is 20.7 Å². The molecule has 0 aromatic heterocycles. The number of amidine groups is 1. The molecule has 0 bridgehead atoms. The van der Waals surface area contributed by atoms with E-state index in [0.717, 1.165) is 31.6 Å². The highest BCUT2D eigenvalue weighted by Gasteiger charge is 2.27. The summed E-state index contributed by atoms with van der Waals surface area (Å²) >= 11 is 3.43. The first kappa shape index (κ1) is 25.8. The number of carbonyl (C=O) groups is 1. The predicted molar refractivity (Wildman–Crippen MR) is 161 cm³/mol. The van der Waals surface area contributed by atoms with Crippen LogP contribution in [0.5, 0.6) is 5.75 Å². The number of amides is 1. The number of nitrogen functional groups attached to an aromatic ring is 1. The molecule has 0 spiro atoms. The van der Waals surface area contributed by atoms with Crippen LogP contribution in [0.4, 0.5) is 11.4 Å². The van der Waals surface area contributed by atoms with E-state index < -0.39 is 10.0 Å². The van der Waals surface area contributed by atoms with Gasteiger partial charge < -0.3 is 15.4 Å². The van der Waals surface area contributed by atoms with Crippen LogP contribution in [0.2, 0.25) is 0 Å². The van der Waals surface area contributed by atoms with Crippen LogP contribution in [0.25, 0.3) is 21.5 Å². The van der Waals surface area contributed by atoms with Crippen molar-refractivity contribution in [1.82, 2.24) is 0 Å². The van der Waals surface area contributed by atoms with Gasteiger partial charge in [0.25, 0.3) is 15.9 Å². The zero-order valence-corrected chi connectivity index (χ0v) is 23.4. The van der Waals surface area contributed by atoms with Crippen molar-refractivity contribution in [2.75, 3.05) is 16.2 Å². The lowest BCUT2D eigenvalue weighted by Gasteiger charge is -2.30. The molecule has 0 radical (unpaired) electrons. The van der Waals surface area contributed by atoms with Crippen molar-refractivity contribution in [3.63, 3.8) is 0 Å². The molecule has 4 N–H and O–H groups in total. The number of benzene rings is 5. The number of hydrogen-bond donors (Lipinski definition) is 3. The van der Waals surface area contributed by atoms with Crippen molar-refractivity contribution >= 4 is 70.6 Å². The van der Waals surface area contributed by atoms with Crippen LogP contribution < -0.4 is 20.1 Å². The molecule has 1 aliphatic heterocycles. The third-order valence-corrected chi connectivity index (χ3v) is 8.67. The molecule has 0 atom stereocenters. The number of nitrogens with zero attached hydrogens (tertiary/aromatic N) is 1. The van der Waals surface area contributed by atoms with Crippen LogP contribution >= 0.6 is 15.9 Å². The maximum absolute atomic E-state index is 13.2. The molecular formula is C30H23BrN4O4S. The van der Waals surface area contributed by atoms with Crippen LogP contribution in [-0.4, -0.2) is 26.8 Å². The Morgan fingerprint density at radius 1 is 0.900 bits per heavy atom. The first-order valence-corrected chi connectivity index (χ1v) is 14.6. The minimum Gasteiger partial charge on any atom is -0.481 e.